The lowest BCUT2D eigenvalue weighted by Crippen LogP contribution is -2.11. The minimum Gasteiger partial charge on any atom is -0.453 e. The van der Waals surface area contributed by atoms with E-state index in [1.165, 1.54) is 18.3 Å². The SMILES string of the molecule is Fc1cc(CNc2nccc(C(F)(F)F)n2)ccc1Oc1cccnc1. The van der Waals surface area contributed by atoms with Crippen LogP contribution in [0.4, 0.5) is 23.5 Å². The first-order valence-corrected chi connectivity index (χ1v) is 7.42. The van der Waals surface area contributed by atoms with Gasteiger partial charge in [-0.1, -0.05) is 6.07 Å². The molecule has 0 fully saturated rings. The minimum absolute atomic E-state index is 0.0112. The summed E-state index contributed by atoms with van der Waals surface area (Å²) in [6.45, 7) is 0.0470. The molecule has 0 radical (unpaired) electrons. The van der Waals surface area contributed by atoms with Crippen molar-refractivity contribution in [2.45, 2.75) is 12.7 Å². The smallest absolute Gasteiger partial charge is 0.433 e. The topological polar surface area (TPSA) is 59.9 Å². The Morgan fingerprint density at radius 3 is 2.62 bits per heavy atom. The Bertz CT molecular complexity index is 887. The summed E-state index contributed by atoms with van der Waals surface area (Å²) in [4.78, 5) is 11.0. The van der Waals surface area contributed by atoms with Gasteiger partial charge >= 0.3 is 6.18 Å². The molecule has 0 saturated carbocycles. The summed E-state index contributed by atoms with van der Waals surface area (Å²) in [5, 5.41) is 2.63. The zero-order valence-electron chi connectivity index (χ0n) is 13.2. The van der Waals surface area contributed by atoms with Crippen LogP contribution in [0.2, 0.25) is 0 Å². The van der Waals surface area contributed by atoms with Gasteiger partial charge in [-0.3, -0.25) is 4.98 Å². The molecule has 1 N–H and O–H groups in total. The molecule has 0 atom stereocenters. The lowest BCUT2D eigenvalue weighted by atomic mass is 10.2. The Hall–Kier alpha value is -3.23. The molecule has 2 aromatic heterocycles. The molecule has 0 unspecified atom stereocenters. The highest BCUT2D eigenvalue weighted by atomic mass is 19.4. The predicted molar refractivity (Wildman–Crippen MR) is 85.1 cm³/mol. The second-order valence-corrected chi connectivity index (χ2v) is 5.17. The quantitative estimate of drug-likeness (QED) is 0.679. The predicted octanol–water partition coefficient (Wildman–Crippen LogP) is 4.43. The highest BCUT2D eigenvalue weighted by molar-refractivity contribution is 5.35. The van der Waals surface area contributed by atoms with Crippen LogP contribution in [-0.4, -0.2) is 15.0 Å². The van der Waals surface area contributed by atoms with E-state index in [0.29, 0.717) is 11.3 Å². The van der Waals surface area contributed by atoms with Gasteiger partial charge in [0.15, 0.2) is 11.6 Å². The molecule has 134 valence electrons. The van der Waals surface area contributed by atoms with E-state index >= 15 is 0 Å². The van der Waals surface area contributed by atoms with Gasteiger partial charge < -0.3 is 10.1 Å². The molecule has 5 nitrogen and oxygen atoms in total. The summed E-state index contributed by atoms with van der Waals surface area (Å²) in [5.74, 6) is -0.416. The second-order valence-electron chi connectivity index (χ2n) is 5.17. The van der Waals surface area contributed by atoms with Gasteiger partial charge in [-0.25, -0.2) is 14.4 Å². The van der Waals surface area contributed by atoms with E-state index in [-0.39, 0.29) is 18.2 Å². The summed E-state index contributed by atoms with van der Waals surface area (Å²) in [7, 11) is 0. The molecule has 1 aromatic carbocycles. The summed E-state index contributed by atoms with van der Waals surface area (Å²) >= 11 is 0. The maximum Gasteiger partial charge on any atom is 0.433 e. The van der Waals surface area contributed by atoms with Crippen LogP contribution in [-0.2, 0) is 12.7 Å². The molecule has 3 rings (SSSR count). The van der Waals surface area contributed by atoms with Gasteiger partial charge in [0.1, 0.15) is 11.4 Å². The van der Waals surface area contributed by atoms with Gasteiger partial charge in [-0.05, 0) is 35.9 Å². The van der Waals surface area contributed by atoms with Gasteiger partial charge in [-0.2, -0.15) is 13.2 Å². The fraction of sp³-hybridized carbons (Fsp3) is 0.118. The number of nitrogens with one attached hydrogen (secondary N) is 1. The number of aromatic nitrogens is 3. The third kappa shape index (κ3) is 4.44. The van der Waals surface area contributed by atoms with Gasteiger partial charge in [-0.15, -0.1) is 0 Å². The van der Waals surface area contributed by atoms with Crippen LogP contribution in [0, 0.1) is 5.82 Å². The van der Waals surface area contributed by atoms with Crippen LogP contribution in [0.3, 0.4) is 0 Å². The van der Waals surface area contributed by atoms with Crippen LogP contribution in [0.15, 0.2) is 55.0 Å². The third-order valence-corrected chi connectivity index (χ3v) is 3.26. The highest BCUT2D eigenvalue weighted by Gasteiger charge is 2.32. The van der Waals surface area contributed by atoms with E-state index in [9.17, 15) is 17.6 Å². The van der Waals surface area contributed by atoms with E-state index in [2.05, 4.69) is 20.3 Å². The lowest BCUT2D eigenvalue weighted by molar-refractivity contribution is -0.141. The normalized spacial score (nSPS) is 11.2. The summed E-state index contributed by atoms with van der Waals surface area (Å²) < 4.78 is 57.4. The summed E-state index contributed by atoms with van der Waals surface area (Å²) in [6.07, 6.45) is -0.548. The lowest BCUT2D eigenvalue weighted by Gasteiger charge is -2.10. The monoisotopic (exact) mass is 364 g/mol. The van der Waals surface area contributed by atoms with Crippen molar-refractivity contribution in [3.05, 3.63) is 72.1 Å². The molecule has 2 heterocycles. The van der Waals surface area contributed by atoms with Crippen LogP contribution < -0.4 is 10.1 Å². The molecule has 3 aromatic rings. The zero-order valence-corrected chi connectivity index (χ0v) is 13.2. The van der Waals surface area contributed by atoms with Crippen molar-refractivity contribution in [3.63, 3.8) is 0 Å². The number of anilines is 1. The summed E-state index contributed by atoms with van der Waals surface area (Å²) in [6, 6.07) is 8.27. The second kappa shape index (κ2) is 7.34. The Kier molecular flexibility index (Phi) is 4.97. The van der Waals surface area contributed by atoms with Crippen molar-refractivity contribution in [3.8, 4) is 11.5 Å². The largest absolute Gasteiger partial charge is 0.453 e. The number of halogens is 4. The average molecular weight is 364 g/mol. The maximum atomic E-state index is 14.1. The maximum absolute atomic E-state index is 14.1. The van der Waals surface area contributed by atoms with E-state index in [0.717, 1.165) is 12.3 Å². The minimum atomic E-state index is -4.56. The molecular weight excluding hydrogens is 352 g/mol. The number of benzene rings is 1. The van der Waals surface area contributed by atoms with Crippen molar-refractivity contribution in [1.29, 1.82) is 0 Å². The number of alkyl halides is 3. The number of nitrogens with zero attached hydrogens (tertiary/aromatic N) is 3. The number of pyridine rings is 1. The highest BCUT2D eigenvalue weighted by Crippen LogP contribution is 2.28. The van der Waals surface area contributed by atoms with Crippen LogP contribution in [0.1, 0.15) is 11.3 Å². The van der Waals surface area contributed by atoms with Gasteiger partial charge in [0.05, 0.1) is 6.20 Å². The van der Waals surface area contributed by atoms with Gasteiger partial charge in [0.25, 0.3) is 0 Å². The molecule has 9 heteroatoms. The molecule has 0 aliphatic rings. The summed E-state index contributed by atoms with van der Waals surface area (Å²) in [5.41, 5.74) is -0.566. The van der Waals surface area contributed by atoms with Crippen molar-refractivity contribution >= 4 is 5.95 Å². The van der Waals surface area contributed by atoms with Gasteiger partial charge in [0.2, 0.25) is 5.95 Å². The number of rotatable bonds is 5. The van der Waals surface area contributed by atoms with Crippen molar-refractivity contribution in [1.82, 2.24) is 15.0 Å². The zero-order chi connectivity index (χ0) is 18.6. The molecule has 26 heavy (non-hydrogen) atoms. The molecule has 0 spiro atoms. The average Bonchev–Trinajstić information content (AvgIpc) is 2.62. The first kappa shape index (κ1) is 17.6. The van der Waals surface area contributed by atoms with Crippen molar-refractivity contribution in [2.75, 3.05) is 5.32 Å². The van der Waals surface area contributed by atoms with E-state index < -0.39 is 17.7 Å². The number of hydrogen-bond acceptors (Lipinski definition) is 5. The standard InChI is InChI=1S/C17H12F4N4O/c18-13-8-11(3-4-14(13)26-12-2-1-6-22-10-12)9-24-16-23-7-5-15(25-16)17(19,20)21/h1-8,10H,9H2,(H,23,24,25). The first-order chi connectivity index (χ1) is 12.4. The molecule has 0 aliphatic heterocycles. The molecule has 0 bridgehead atoms. The first-order valence-electron chi connectivity index (χ1n) is 7.42. The molecule has 0 saturated heterocycles. The van der Waals surface area contributed by atoms with Crippen molar-refractivity contribution in [2.24, 2.45) is 0 Å². The van der Waals surface area contributed by atoms with Crippen LogP contribution in [0.5, 0.6) is 11.5 Å². The number of ether oxygens (including phenoxy) is 1. The Morgan fingerprint density at radius 2 is 1.92 bits per heavy atom. The van der Waals surface area contributed by atoms with E-state index in [1.807, 2.05) is 0 Å². The Labute approximate surface area is 145 Å². The Balaban J connectivity index is 1.67. The fourth-order valence-corrected chi connectivity index (χ4v) is 2.05. The van der Waals surface area contributed by atoms with Crippen LogP contribution in [0.25, 0.3) is 0 Å². The molecule has 0 amide bonds. The van der Waals surface area contributed by atoms with E-state index in [4.69, 9.17) is 4.74 Å². The van der Waals surface area contributed by atoms with E-state index in [1.54, 1.807) is 24.4 Å². The van der Waals surface area contributed by atoms with Crippen molar-refractivity contribution < 1.29 is 22.3 Å². The fourth-order valence-electron chi connectivity index (χ4n) is 2.05. The Morgan fingerprint density at radius 1 is 1.08 bits per heavy atom. The third-order valence-electron chi connectivity index (χ3n) is 3.26. The van der Waals surface area contributed by atoms with Gasteiger partial charge in [0, 0.05) is 18.9 Å². The molecule has 0 aliphatic carbocycles. The molecular formula is C17H12F4N4O. The number of hydrogen-bond donors (Lipinski definition) is 1. The van der Waals surface area contributed by atoms with Crippen LogP contribution >= 0.6 is 0 Å².